The van der Waals surface area contributed by atoms with Crippen LogP contribution in [-0.2, 0) is 4.74 Å². The Balaban J connectivity index is 1.88. The first kappa shape index (κ1) is 14.1. The average Bonchev–Trinajstić information content (AvgIpc) is 3.11. The van der Waals surface area contributed by atoms with Crippen molar-refractivity contribution in [3.8, 4) is 0 Å². The SMILES string of the molecule is CC/C(=N\N1CCCC1COC)c1cc2ccccn2c1. The molecule has 1 aliphatic heterocycles. The molecule has 0 radical (unpaired) electrons. The summed E-state index contributed by atoms with van der Waals surface area (Å²) < 4.78 is 7.46. The molecule has 2 aromatic rings. The molecule has 0 N–H and O–H groups in total. The fraction of sp³-hybridized carbons (Fsp3) is 0.471. The van der Waals surface area contributed by atoms with E-state index in [1.165, 1.54) is 23.9 Å². The van der Waals surface area contributed by atoms with Crippen LogP contribution in [0.25, 0.3) is 5.52 Å². The summed E-state index contributed by atoms with van der Waals surface area (Å²) in [5.74, 6) is 0. The fourth-order valence-electron chi connectivity index (χ4n) is 3.01. The Hall–Kier alpha value is -1.81. The zero-order valence-corrected chi connectivity index (χ0v) is 12.8. The lowest BCUT2D eigenvalue weighted by Crippen LogP contribution is -2.29. The summed E-state index contributed by atoms with van der Waals surface area (Å²) in [6.45, 7) is 3.96. The highest BCUT2D eigenvalue weighted by Gasteiger charge is 2.23. The van der Waals surface area contributed by atoms with Gasteiger partial charge in [0.1, 0.15) is 0 Å². The van der Waals surface area contributed by atoms with Crippen LogP contribution in [0.2, 0.25) is 0 Å². The van der Waals surface area contributed by atoms with E-state index in [-0.39, 0.29) is 0 Å². The Morgan fingerprint density at radius 3 is 3.10 bits per heavy atom. The largest absolute Gasteiger partial charge is 0.382 e. The summed E-state index contributed by atoms with van der Waals surface area (Å²) in [6, 6.07) is 8.88. The first-order valence-corrected chi connectivity index (χ1v) is 7.72. The smallest absolute Gasteiger partial charge is 0.0704 e. The molecule has 0 bridgehead atoms. The van der Waals surface area contributed by atoms with E-state index in [1.807, 2.05) is 0 Å². The van der Waals surface area contributed by atoms with E-state index in [2.05, 4.69) is 53.0 Å². The van der Waals surface area contributed by atoms with Crippen molar-refractivity contribution < 1.29 is 4.74 Å². The van der Waals surface area contributed by atoms with Crippen LogP contribution < -0.4 is 0 Å². The predicted octanol–water partition coefficient (Wildman–Crippen LogP) is 3.16. The molecule has 21 heavy (non-hydrogen) atoms. The van der Waals surface area contributed by atoms with E-state index in [9.17, 15) is 0 Å². The van der Waals surface area contributed by atoms with Crippen molar-refractivity contribution in [2.24, 2.45) is 5.10 Å². The van der Waals surface area contributed by atoms with Gasteiger partial charge in [0.05, 0.1) is 18.4 Å². The van der Waals surface area contributed by atoms with Gasteiger partial charge in [0.25, 0.3) is 0 Å². The number of hydrazone groups is 1. The van der Waals surface area contributed by atoms with Gasteiger partial charge in [-0.05, 0) is 37.5 Å². The van der Waals surface area contributed by atoms with Gasteiger partial charge >= 0.3 is 0 Å². The Labute approximate surface area is 126 Å². The van der Waals surface area contributed by atoms with Crippen LogP contribution in [0.5, 0.6) is 0 Å². The molecule has 0 amide bonds. The molecule has 2 aromatic heterocycles. The lowest BCUT2D eigenvalue weighted by Gasteiger charge is -2.22. The molecular formula is C17H23N3O. The van der Waals surface area contributed by atoms with E-state index < -0.39 is 0 Å². The van der Waals surface area contributed by atoms with Gasteiger partial charge in [-0.3, -0.25) is 5.01 Å². The highest BCUT2D eigenvalue weighted by Crippen LogP contribution is 2.20. The molecule has 4 nitrogen and oxygen atoms in total. The summed E-state index contributed by atoms with van der Waals surface area (Å²) >= 11 is 0. The van der Waals surface area contributed by atoms with Gasteiger partial charge in [0.2, 0.25) is 0 Å². The molecule has 4 heteroatoms. The molecule has 0 aliphatic carbocycles. The van der Waals surface area contributed by atoms with E-state index >= 15 is 0 Å². The van der Waals surface area contributed by atoms with Crippen molar-refractivity contribution in [3.63, 3.8) is 0 Å². The normalized spacial score (nSPS) is 19.6. The number of fused-ring (bicyclic) bond motifs is 1. The monoisotopic (exact) mass is 285 g/mol. The second-order valence-electron chi connectivity index (χ2n) is 5.58. The number of hydrogen-bond acceptors (Lipinski definition) is 3. The summed E-state index contributed by atoms with van der Waals surface area (Å²) in [7, 11) is 1.77. The standard InChI is InChI=1S/C17H23N3O/c1-3-17(18-20-10-6-8-16(20)13-21-2)14-11-15-7-4-5-9-19(15)12-14/h4-5,7,9,11-12,16H,3,6,8,10,13H2,1-2H3/b18-17+. The highest BCUT2D eigenvalue weighted by molar-refractivity contribution is 6.01. The molecule has 1 unspecified atom stereocenters. The minimum atomic E-state index is 0.425. The lowest BCUT2D eigenvalue weighted by molar-refractivity contribution is 0.118. The topological polar surface area (TPSA) is 29.2 Å². The maximum atomic E-state index is 5.31. The number of ether oxygens (including phenoxy) is 1. The van der Waals surface area contributed by atoms with Gasteiger partial charge < -0.3 is 9.14 Å². The van der Waals surface area contributed by atoms with Gasteiger partial charge in [0.15, 0.2) is 0 Å². The third kappa shape index (κ3) is 2.95. The Morgan fingerprint density at radius 1 is 1.43 bits per heavy atom. The number of rotatable bonds is 5. The number of hydrogen-bond donors (Lipinski definition) is 0. The van der Waals surface area contributed by atoms with Crippen LogP contribution >= 0.6 is 0 Å². The summed E-state index contributed by atoms with van der Waals surface area (Å²) in [4.78, 5) is 0. The molecule has 1 fully saturated rings. The summed E-state index contributed by atoms with van der Waals surface area (Å²) in [5, 5.41) is 7.13. The van der Waals surface area contributed by atoms with E-state index in [0.717, 1.165) is 25.3 Å². The summed E-state index contributed by atoms with van der Waals surface area (Å²) in [6.07, 6.45) is 7.56. The molecule has 3 rings (SSSR count). The van der Waals surface area contributed by atoms with Crippen LogP contribution in [0.1, 0.15) is 31.7 Å². The van der Waals surface area contributed by atoms with E-state index in [0.29, 0.717) is 6.04 Å². The van der Waals surface area contributed by atoms with Gasteiger partial charge in [-0.25, -0.2) is 0 Å². The number of nitrogens with zero attached hydrogens (tertiary/aromatic N) is 3. The van der Waals surface area contributed by atoms with Crippen LogP contribution in [0.4, 0.5) is 0 Å². The molecule has 1 saturated heterocycles. The lowest BCUT2D eigenvalue weighted by atomic mass is 10.1. The van der Waals surface area contributed by atoms with Crippen molar-refractivity contribution in [1.82, 2.24) is 9.41 Å². The fourth-order valence-corrected chi connectivity index (χ4v) is 3.01. The molecule has 1 aliphatic rings. The first-order chi connectivity index (χ1) is 10.3. The number of pyridine rings is 1. The van der Waals surface area contributed by atoms with Gasteiger partial charge in [-0.2, -0.15) is 5.10 Å². The van der Waals surface area contributed by atoms with Gasteiger partial charge in [0, 0.05) is 37.1 Å². The van der Waals surface area contributed by atoms with Crippen LogP contribution in [0, 0.1) is 0 Å². The third-order valence-electron chi connectivity index (χ3n) is 4.13. The zero-order chi connectivity index (χ0) is 14.7. The molecular weight excluding hydrogens is 262 g/mol. The molecule has 112 valence electrons. The Kier molecular flexibility index (Phi) is 4.25. The quantitative estimate of drug-likeness (QED) is 0.790. The van der Waals surface area contributed by atoms with Crippen molar-refractivity contribution in [2.45, 2.75) is 32.2 Å². The van der Waals surface area contributed by atoms with E-state index in [1.54, 1.807) is 7.11 Å². The highest BCUT2D eigenvalue weighted by atomic mass is 16.5. The molecule has 0 spiro atoms. The van der Waals surface area contributed by atoms with Crippen molar-refractivity contribution in [1.29, 1.82) is 0 Å². The summed E-state index contributed by atoms with van der Waals surface area (Å²) in [5.41, 5.74) is 3.58. The van der Waals surface area contributed by atoms with Crippen LogP contribution in [0.15, 0.2) is 41.8 Å². The predicted molar refractivity (Wildman–Crippen MR) is 85.8 cm³/mol. The maximum absolute atomic E-state index is 5.31. The number of aromatic nitrogens is 1. The average molecular weight is 285 g/mol. The minimum absolute atomic E-state index is 0.425. The second-order valence-corrected chi connectivity index (χ2v) is 5.58. The second kappa shape index (κ2) is 6.31. The first-order valence-electron chi connectivity index (χ1n) is 7.72. The third-order valence-corrected chi connectivity index (χ3v) is 4.13. The Morgan fingerprint density at radius 2 is 2.33 bits per heavy atom. The molecule has 0 aromatic carbocycles. The Bertz CT molecular complexity index is 599. The van der Waals surface area contributed by atoms with Gasteiger partial charge in [-0.1, -0.05) is 13.0 Å². The molecule has 3 heterocycles. The number of methoxy groups -OCH3 is 1. The van der Waals surface area contributed by atoms with E-state index in [4.69, 9.17) is 9.84 Å². The van der Waals surface area contributed by atoms with Crippen molar-refractivity contribution >= 4 is 11.2 Å². The molecule has 1 atom stereocenters. The maximum Gasteiger partial charge on any atom is 0.0704 e. The van der Waals surface area contributed by atoms with Crippen LogP contribution in [0.3, 0.4) is 0 Å². The van der Waals surface area contributed by atoms with Gasteiger partial charge in [-0.15, -0.1) is 0 Å². The van der Waals surface area contributed by atoms with Crippen LogP contribution in [-0.4, -0.2) is 41.4 Å². The minimum Gasteiger partial charge on any atom is -0.382 e. The van der Waals surface area contributed by atoms with Crippen molar-refractivity contribution in [3.05, 3.63) is 42.2 Å². The zero-order valence-electron chi connectivity index (χ0n) is 12.8. The molecule has 0 saturated carbocycles. The van der Waals surface area contributed by atoms with Crippen molar-refractivity contribution in [2.75, 3.05) is 20.3 Å².